The van der Waals surface area contributed by atoms with Gasteiger partial charge >= 0.3 is 0 Å². The Morgan fingerprint density at radius 3 is 2.45 bits per heavy atom. The van der Waals surface area contributed by atoms with Gasteiger partial charge in [0.15, 0.2) is 5.60 Å². The largest absolute Gasteiger partial charge is 0.508 e. The van der Waals surface area contributed by atoms with E-state index >= 15 is 0 Å². The molecule has 31 heavy (non-hydrogen) atoms. The first-order chi connectivity index (χ1) is 14.9. The second-order valence-electron chi connectivity index (χ2n) is 8.42. The van der Waals surface area contributed by atoms with Gasteiger partial charge in [0.05, 0.1) is 6.04 Å². The van der Waals surface area contributed by atoms with Gasteiger partial charge in [0, 0.05) is 37.6 Å². The molecule has 2 atom stereocenters. The number of fused-ring (bicyclic) bond motifs is 1. The van der Waals surface area contributed by atoms with Crippen LogP contribution in [-0.4, -0.2) is 51.6 Å². The maximum absolute atomic E-state index is 13.7. The summed E-state index contributed by atoms with van der Waals surface area (Å²) in [6.07, 6.45) is 1.47. The first kappa shape index (κ1) is 19.9. The second-order valence-corrected chi connectivity index (χ2v) is 8.42. The van der Waals surface area contributed by atoms with E-state index in [-0.39, 0.29) is 17.6 Å². The fourth-order valence-electron chi connectivity index (χ4n) is 5.03. The fraction of sp³-hybridized carbons (Fsp3) is 0.391. The van der Waals surface area contributed by atoms with E-state index in [1.165, 1.54) is 24.3 Å². The zero-order valence-electron chi connectivity index (χ0n) is 16.8. The number of carbonyl (C=O) groups is 2. The number of halogens is 2. The van der Waals surface area contributed by atoms with E-state index in [1.807, 2.05) is 0 Å². The summed E-state index contributed by atoms with van der Waals surface area (Å²) in [5.41, 5.74) is -0.181. The Morgan fingerprint density at radius 1 is 1.06 bits per heavy atom. The third kappa shape index (κ3) is 3.35. The van der Waals surface area contributed by atoms with Crippen LogP contribution in [0, 0.1) is 11.6 Å². The molecule has 8 heteroatoms. The Labute approximate surface area is 178 Å². The topological polar surface area (TPSA) is 70.1 Å². The van der Waals surface area contributed by atoms with Crippen molar-refractivity contribution in [2.24, 2.45) is 0 Å². The summed E-state index contributed by atoms with van der Waals surface area (Å²) in [4.78, 5) is 29.4. The first-order valence-corrected chi connectivity index (χ1v) is 10.4. The highest BCUT2D eigenvalue weighted by atomic mass is 19.1. The molecule has 1 spiro atoms. The number of benzene rings is 2. The lowest BCUT2D eigenvalue weighted by atomic mass is 9.89. The van der Waals surface area contributed by atoms with Crippen LogP contribution in [0.15, 0.2) is 42.5 Å². The lowest BCUT2D eigenvalue weighted by Gasteiger charge is -2.37. The molecule has 0 radical (unpaired) electrons. The van der Waals surface area contributed by atoms with Crippen molar-refractivity contribution in [1.29, 1.82) is 0 Å². The van der Waals surface area contributed by atoms with Crippen LogP contribution in [0.3, 0.4) is 0 Å². The highest BCUT2D eigenvalue weighted by Crippen LogP contribution is 2.47. The lowest BCUT2D eigenvalue weighted by Crippen LogP contribution is -2.51. The SMILES string of the molecule is O=C(c1cccc(O)c1)N1CCC2(CC1)OC1CCC(c3cc(F)cc(F)c3)N1C2=O. The van der Waals surface area contributed by atoms with E-state index in [9.17, 15) is 23.5 Å². The zero-order valence-corrected chi connectivity index (χ0v) is 16.8. The van der Waals surface area contributed by atoms with Crippen LogP contribution in [0.25, 0.3) is 0 Å². The summed E-state index contributed by atoms with van der Waals surface area (Å²) in [6.45, 7) is 0.695. The van der Waals surface area contributed by atoms with Crippen LogP contribution < -0.4 is 0 Å². The number of likely N-dealkylation sites (tertiary alicyclic amines) is 1. The van der Waals surface area contributed by atoms with Gasteiger partial charge in [-0.05, 0) is 48.7 Å². The van der Waals surface area contributed by atoms with Crippen molar-refractivity contribution >= 4 is 11.8 Å². The fourth-order valence-corrected chi connectivity index (χ4v) is 5.03. The summed E-state index contributed by atoms with van der Waals surface area (Å²) in [6, 6.07) is 9.11. The Balaban J connectivity index is 1.32. The van der Waals surface area contributed by atoms with Gasteiger partial charge in [-0.2, -0.15) is 0 Å². The van der Waals surface area contributed by atoms with Crippen molar-refractivity contribution in [1.82, 2.24) is 9.80 Å². The number of amides is 2. The number of aromatic hydroxyl groups is 1. The number of hydrogen-bond donors (Lipinski definition) is 1. The molecule has 2 amide bonds. The van der Waals surface area contributed by atoms with Gasteiger partial charge < -0.3 is 19.6 Å². The first-order valence-electron chi connectivity index (χ1n) is 10.4. The Kier molecular flexibility index (Phi) is 4.69. The average molecular weight is 428 g/mol. The monoisotopic (exact) mass is 428 g/mol. The van der Waals surface area contributed by atoms with Crippen LogP contribution >= 0.6 is 0 Å². The van der Waals surface area contributed by atoms with E-state index in [1.54, 1.807) is 21.9 Å². The third-order valence-electron chi connectivity index (χ3n) is 6.54. The number of phenolic OH excluding ortho intramolecular Hbond substituents is 1. The molecule has 2 aromatic carbocycles. The molecule has 0 saturated carbocycles. The number of hydrogen-bond acceptors (Lipinski definition) is 4. The molecule has 162 valence electrons. The molecule has 6 nitrogen and oxygen atoms in total. The zero-order chi connectivity index (χ0) is 21.8. The maximum atomic E-state index is 13.7. The predicted octanol–water partition coefficient (Wildman–Crippen LogP) is 3.37. The number of piperidine rings is 1. The van der Waals surface area contributed by atoms with Crippen molar-refractivity contribution < 1.29 is 28.2 Å². The number of rotatable bonds is 2. The number of phenols is 1. The van der Waals surface area contributed by atoms with Crippen LogP contribution in [0.5, 0.6) is 5.75 Å². The number of nitrogens with zero attached hydrogens (tertiary/aromatic N) is 2. The van der Waals surface area contributed by atoms with Gasteiger partial charge in [-0.1, -0.05) is 6.07 Å². The van der Waals surface area contributed by atoms with Gasteiger partial charge in [0.2, 0.25) is 0 Å². The van der Waals surface area contributed by atoms with E-state index in [4.69, 9.17) is 4.74 Å². The molecule has 1 N–H and O–H groups in total. The summed E-state index contributed by atoms with van der Waals surface area (Å²) in [5.74, 6) is -1.69. The maximum Gasteiger partial charge on any atom is 0.257 e. The standard InChI is InChI=1S/C23H22F2N2O4/c24-16-10-15(11-17(25)13-16)19-4-5-20-27(19)22(30)23(31-20)6-8-26(9-7-23)21(29)14-2-1-3-18(28)12-14/h1-3,10-13,19-20,28H,4-9H2. The van der Waals surface area contributed by atoms with Gasteiger partial charge in [-0.3, -0.25) is 9.59 Å². The van der Waals surface area contributed by atoms with E-state index in [0.717, 1.165) is 6.07 Å². The summed E-state index contributed by atoms with van der Waals surface area (Å²) < 4.78 is 33.7. The average Bonchev–Trinajstić information content (AvgIpc) is 3.26. The normalized spacial score (nSPS) is 24.6. The van der Waals surface area contributed by atoms with E-state index in [2.05, 4.69) is 0 Å². The van der Waals surface area contributed by atoms with Crippen LogP contribution in [0.4, 0.5) is 8.78 Å². The molecule has 2 unspecified atom stereocenters. The molecule has 3 aliphatic heterocycles. The highest BCUT2D eigenvalue weighted by molar-refractivity contribution is 5.95. The van der Waals surface area contributed by atoms with Crippen molar-refractivity contribution in [3.05, 3.63) is 65.2 Å². The van der Waals surface area contributed by atoms with Crippen LogP contribution in [0.2, 0.25) is 0 Å². The minimum Gasteiger partial charge on any atom is -0.508 e. The second kappa shape index (κ2) is 7.30. The third-order valence-corrected chi connectivity index (χ3v) is 6.54. The van der Waals surface area contributed by atoms with Gasteiger partial charge in [-0.15, -0.1) is 0 Å². The highest BCUT2D eigenvalue weighted by Gasteiger charge is 2.58. The van der Waals surface area contributed by atoms with E-state index in [0.29, 0.717) is 49.9 Å². The molecule has 3 heterocycles. The molecular formula is C23H22F2N2O4. The Morgan fingerprint density at radius 2 is 1.77 bits per heavy atom. The predicted molar refractivity (Wildman–Crippen MR) is 106 cm³/mol. The molecule has 3 saturated heterocycles. The Hall–Kier alpha value is -3.00. The minimum absolute atomic E-state index is 0.0223. The Bertz CT molecular complexity index is 1030. The van der Waals surface area contributed by atoms with Crippen molar-refractivity contribution in [3.63, 3.8) is 0 Å². The molecule has 0 aliphatic carbocycles. The lowest BCUT2D eigenvalue weighted by molar-refractivity contribution is -0.142. The minimum atomic E-state index is -1.01. The van der Waals surface area contributed by atoms with Crippen molar-refractivity contribution in [3.8, 4) is 5.75 Å². The summed E-state index contributed by atoms with van der Waals surface area (Å²) in [7, 11) is 0. The molecule has 3 fully saturated rings. The van der Waals surface area contributed by atoms with E-state index < -0.39 is 29.5 Å². The van der Waals surface area contributed by atoms with Crippen molar-refractivity contribution in [2.45, 2.75) is 43.6 Å². The molecule has 2 aromatic rings. The number of carbonyl (C=O) groups excluding carboxylic acids is 2. The smallest absolute Gasteiger partial charge is 0.257 e. The molecule has 5 rings (SSSR count). The molecular weight excluding hydrogens is 406 g/mol. The van der Waals surface area contributed by atoms with Crippen LogP contribution in [0.1, 0.15) is 47.6 Å². The molecule has 0 bridgehead atoms. The van der Waals surface area contributed by atoms with Gasteiger partial charge in [-0.25, -0.2) is 8.78 Å². The van der Waals surface area contributed by atoms with Crippen LogP contribution in [-0.2, 0) is 9.53 Å². The van der Waals surface area contributed by atoms with Gasteiger partial charge in [0.25, 0.3) is 11.8 Å². The van der Waals surface area contributed by atoms with Crippen molar-refractivity contribution in [2.75, 3.05) is 13.1 Å². The molecule has 3 aliphatic rings. The summed E-state index contributed by atoms with van der Waals surface area (Å²) >= 11 is 0. The molecule has 0 aromatic heterocycles. The summed E-state index contributed by atoms with van der Waals surface area (Å²) in [5, 5.41) is 9.62. The quantitative estimate of drug-likeness (QED) is 0.797. The number of ether oxygens (including phenoxy) is 1. The van der Waals surface area contributed by atoms with Gasteiger partial charge in [0.1, 0.15) is 23.6 Å².